The molecule has 126 valence electrons. The van der Waals surface area contributed by atoms with Crippen molar-refractivity contribution in [2.45, 2.75) is 19.9 Å². The average molecular weight is 346 g/mol. The summed E-state index contributed by atoms with van der Waals surface area (Å²) in [4.78, 5) is 30.7. The van der Waals surface area contributed by atoms with Crippen LogP contribution in [-0.4, -0.2) is 41.4 Å². The van der Waals surface area contributed by atoms with E-state index in [4.69, 9.17) is 9.47 Å². The Bertz CT molecular complexity index is 739. The second-order valence-corrected chi connectivity index (χ2v) is 6.27. The third-order valence-electron chi connectivity index (χ3n) is 3.93. The summed E-state index contributed by atoms with van der Waals surface area (Å²) in [5.41, 5.74) is 1.85. The van der Waals surface area contributed by atoms with Crippen molar-refractivity contribution in [3.63, 3.8) is 0 Å². The van der Waals surface area contributed by atoms with Gasteiger partial charge in [-0.15, -0.1) is 0 Å². The predicted molar refractivity (Wildman–Crippen MR) is 91.8 cm³/mol. The number of rotatable bonds is 4. The van der Waals surface area contributed by atoms with E-state index >= 15 is 0 Å². The van der Waals surface area contributed by atoms with E-state index in [0.29, 0.717) is 22.2 Å². The van der Waals surface area contributed by atoms with E-state index in [0.717, 1.165) is 11.3 Å². The van der Waals surface area contributed by atoms with Gasteiger partial charge in [-0.3, -0.25) is 9.69 Å². The maximum Gasteiger partial charge on any atom is 0.338 e. The number of fused-ring (bicyclic) bond motifs is 1. The highest BCUT2D eigenvalue weighted by molar-refractivity contribution is 8.15. The minimum absolute atomic E-state index is 0.0637. The number of esters is 1. The van der Waals surface area contributed by atoms with Gasteiger partial charge in [-0.25, -0.2) is 9.79 Å². The van der Waals surface area contributed by atoms with Crippen LogP contribution in [0.4, 0.5) is 0 Å². The third kappa shape index (κ3) is 2.80. The van der Waals surface area contributed by atoms with Crippen molar-refractivity contribution in [3.8, 4) is 5.75 Å². The first-order valence-electron chi connectivity index (χ1n) is 7.62. The first-order valence-corrected chi connectivity index (χ1v) is 8.60. The number of nitrogens with zero attached hydrogens (tertiary/aromatic N) is 2. The number of aliphatic imine (C=N–C) groups is 1. The first kappa shape index (κ1) is 16.6. The number of ether oxygens (including phenoxy) is 2. The van der Waals surface area contributed by atoms with Gasteiger partial charge in [-0.1, -0.05) is 23.9 Å². The summed E-state index contributed by atoms with van der Waals surface area (Å²) >= 11 is 1.39. The Morgan fingerprint density at radius 2 is 2.08 bits per heavy atom. The number of carbonyl (C=O) groups excluding carboxylic acids is 2. The SMILES string of the molecule is CCOC(=O)C1=C(C)N2C(=O)CSC2=N[C@H]1c1ccc(OC)cc1. The quantitative estimate of drug-likeness (QED) is 0.784. The maximum absolute atomic E-state index is 12.5. The van der Waals surface area contributed by atoms with Crippen LogP contribution in [0.5, 0.6) is 5.75 Å². The van der Waals surface area contributed by atoms with Crippen molar-refractivity contribution in [1.82, 2.24) is 4.90 Å². The van der Waals surface area contributed by atoms with Gasteiger partial charge in [0.15, 0.2) is 5.17 Å². The molecule has 1 aromatic rings. The Morgan fingerprint density at radius 1 is 1.38 bits per heavy atom. The number of methoxy groups -OCH3 is 1. The Labute approximate surface area is 144 Å². The van der Waals surface area contributed by atoms with Crippen LogP contribution >= 0.6 is 11.8 Å². The second kappa shape index (κ2) is 6.68. The summed E-state index contributed by atoms with van der Waals surface area (Å²) in [5, 5.41) is 0.631. The smallest absolute Gasteiger partial charge is 0.338 e. The fourth-order valence-electron chi connectivity index (χ4n) is 2.78. The maximum atomic E-state index is 12.5. The summed E-state index contributed by atoms with van der Waals surface area (Å²) < 4.78 is 10.4. The fourth-order valence-corrected chi connectivity index (χ4v) is 3.71. The van der Waals surface area contributed by atoms with E-state index in [2.05, 4.69) is 4.99 Å². The number of carbonyl (C=O) groups is 2. The molecule has 2 aliphatic heterocycles. The van der Waals surface area contributed by atoms with Crippen LogP contribution < -0.4 is 4.74 Å². The molecule has 0 aromatic heterocycles. The number of amidine groups is 1. The van der Waals surface area contributed by atoms with Crippen LogP contribution in [0.15, 0.2) is 40.5 Å². The molecule has 3 rings (SSSR count). The molecule has 2 aliphatic rings. The van der Waals surface area contributed by atoms with Gasteiger partial charge in [0.25, 0.3) is 0 Å². The number of amides is 1. The van der Waals surface area contributed by atoms with Crippen LogP contribution in [0.25, 0.3) is 0 Å². The number of thioether (sulfide) groups is 1. The lowest BCUT2D eigenvalue weighted by Crippen LogP contribution is -2.35. The van der Waals surface area contributed by atoms with Crippen molar-refractivity contribution in [2.75, 3.05) is 19.5 Å². The zero-order valence-electron chi connectivity index (χ0n) is 13.7. The summed E-state index contributed by atoms with van der Waals surface area (Å²) in [5.74, 6) is 0.559. The number of allylic oxidation sites excluding steroid dienone is 1. The van der Waals surface area contributed by atoms with Gasteiger partial charge in [0.05, 0.1) is 25.0 Å². The van der Waals surface area contributed by atoms with Gasteiger partial charge >= 0.3 is 5.97 Å². The molecule has 1 saturated heterocycles. The normalized spacial score (nSPS) is 20.0. The number of hydrogen-bond acceptors (Lipinski definition) is 6. The largest absolute Gasteiger partial charge is 0.497 e. The monoisotopic (exact) mass is 346 g/mol. The van der Waals surface area contributed by atoms with E-state index in [9.17, 15) is 9.59 Å². The first-order chi connectivity index (χ1) is 11.6. The standard InChI is InChI=1S/C17H18N2O4S/c1-4-23-16(21)14-10(2)19-13(20)9-24-17(19)18-15(14)11-5-7-12(22-3)8-6-11/h5-8,15H,4,9H2,1-3H3/t15-/m0/s1. The van der Waals surface area contributed by atoms with Crippen LogP contribution in [0.1, 0.15) is 25.5 Å². The van der Waals surface area contributed by atoms with E-state index in [1.807, 2.05) is 24.3 Å². The summed E-state index contributed by atoms with van der Waals surface area (Å²) in [6.45, 7) is 3.79. The zero-order chi connectivity index (χ0) is 17.3. The molecule has 0 radical (unpaired) electrons. The fraction of sp³-hybridized carbons (Fsp3) is 0.353. The van der Waals surface area contributed by atoms with Crippen molar-refractivity contribution < 1.29 is 19.1 Å². The van der Waals surface area contributed by atoms with Gasteiger partial charge in [-0.05, 0) is 31.5 Å². The van der Waals surface area contributed by atoms with Crippen molar-refractivity contribution in [1.29, 1.82) is 0 Å². The predicted octanol–water partition coefficient (Wildman–Crippen LogP) is 2.52. The van der Waals surface area contributed by atoms with Crippen molar-refractivity contribution >= 4 is 28.8 Å². The topological polar surface area (TPSA) is 68.2 Å². The lowest BCUT2D eigenvalue weighted by atomic mass is 9.96. The minimum Gasteiger partial charge on any atom is -0.497 e. The lowest BCUT2D eigenvalue weighted by Gasteiger charge is -2.29. The van der Waals surface area contributed by atoms with E-state index < -0.39 is 12.0 Å². The van der Waals surface area contributed by atoms with Crippen LogP contribution in [-0.2, 0) is 14.3 Å². The molecular formula is C17H18N2O4S. The Morgan fingerprint density at radius 3 is 2.71 bits per heavy atom. The Hall–Kier alpha value is -2.28. The third-order valence-corrected chi connectivity index (χ3v) is 4.87. The van der Waals surface area contributed by atoms with E-state index in [-0.39, 0.29) is 12.5 Å². The highest BCUT2D eigenvalue weighted by Crippen LogP contribution is 2.39. The number of hydrogen-bond donors (Lipinski definition) is 0. The molecule has 2 heterocycles. The molecule has 0 aliphatic carbocycles. The molecule has 0 unspecified atom stereocenters. The Kier molecular flexibility index (Phi) is 4.62. The van der Waals surface area contributed by atoms with Crippen molar-refractivity contribution in [2.24, 2.45) is 4.99 Å². The molecule has 1 aromatic carbocycles. The molecule has 7 heteroatoms. The highest BCUT2D eigenvalue weighted by atomic mass is 32.2. The average Bonchev–Trinajstić information content (AvgIpc) is 2.96. The van der Waals surface area contributed by atoms with Gasteiger partial charge in [0, 0.05) is 5.70 Å². The Balaban J connectivity index is 2.07. The molecule has 1 fully saturated rings. The molecule has 0 N–H and O–H groups in total. The van der Waals surface area contributed by atoms with Crippen molar-refractivity contribution in [3.05, 3.63) is 41.1 Å². The molecule has 6 nitrogen and oxygen atoms in total. The lowest BCUT2D eigenvalue weighted by molar-refractivity contribution is -0.139. The highest BCUT2D eigenvalue weighted by Gasteiger charge is 2.40. The second-order valence-electron chi connectivity index (χ2n) is 5.32. The van der Waals surface area contributed by atoms with E-state index in [1.165, 1.54) is 16.7 Å². The van der Waals surface area contributed by atoms with E-state index in [1.54, 1.807) is 21.0 Å². The molecule has 0 bridgehead atoms. The van der Waals surface area contributed by atoms with Gasteiger partial charge in [0.1, 0.15) is 11.8 Å². The molecule has 0 saturated carbocycles. The summed E-state index contributed by atoms with van der Waals surface area (Å²) in [7, 11) is 1.60. The molecule has 24 heavy (non-hydrogen) atoms. The van der Waals surface area contributed by atoms with Gasteiger partial charge < -0.3 is 9.47 Å². The molecular weight excluding hydrogens is 328 g/mol. The summed E-state index contributed by atoms with van der Waals surface area (Å²) in [6.07, 6.45) is 0. The van der Waals surface area contributed by atoms with Crippen LogP contribution in [0, 0.1) is 0 Å². The number of benzene rings is 1. The van der Waals surface area contributed by atoms with Gasteiger partial charge in [0.2, 0.25) is 5.91 Å². The molecule has 1 amide bonds. The molecule has 0 spiro atoms. The van der Waals surface area contributed by atoms with Crippen LogP contribution in [0.2, 0.25) is 0 Å². The molecule has 1 atom stereocenters. The minimum atomic E-state index is -0.486. The summed E-state index contributed by atoms with van der Waals surface area (Å²) in [6, 6.07) is 6.91. The van der Waals surface area contributed by atoms with Gasteiger partial charge in [-0.2, -0.15) is 0 Å². The van der Waals surface area contributed by atoms with Crippen LogP contribution in [0.3, 0.4) is 0 Å². The zero-order valence-corrected chi connectivity index (χ0v) is 14.6.